The minimum atomic E-state index is -0.157. The standard InChI is InChI=1S/C15H21NO3/c1-16(11-12-9-13(17)10-12)15(18)7-8-19-14-5-3-2-4-6-14/h2-6,12-13,17H,7-11H2,1H3. The second kappa shape index (κ2) is 6.57. The number of carbonyl (C=O) groups excluding carboxylic acids is 1. The van der Waals surface area contributed by atoms with Gasteiger partial charge in [0.05, 0.1) is 19.1 Å². The molecule has 2 rings (SSSR count). The third-order valence-electron chi connectivity index (χ3n) is 3.50. The van der Waals surface area contributed by atoms with Gasteiger partial charge in [-0.05, 0) is 30.9 Å². The number of aliphatic hydroxyl groups excluding tert-OH is 1. The van der Waals surface area contributed by atoms with Crippen molar-refractivity contribution in [3.8, 4) is 5.75 Å². The van der Waals surface area contributed by atoms with Crippen LogP contribution in [-0.2, 0) is 4.79 Å². The van der Waals surface area contributed by atoms with Crippen LogP contribution in [0, 0.1) is 5.92 Å². The highest BCUT2D eigenvalue weighted by Gasteiger charge is 2.28. The van der Waals surface area contributed by atoms with Gasteiger partial charge in [0.15, 0.2) is 0 Å². The Morgan fingerprint density at radius 1 is 1.37 bits per heavy atom. The van der Waals surface area contributed by atoms with Crippen LogP contribution in [-0.4, -0.2) is 42.2 Å². The molecule has 1 saturated carbocycles. The quantitative estimate of drug-likeness (QED) is 0.849. The molecule has 0 spiro atoms. The summed E-state index contributed by atoms with van der Waals surface area (Å²) >= 11 is 0. The summed E-state index contributed by atoms with van der Waals surface area (Å²) in [5, 5.41) is 9.21. The molecule has 1 amide bonds. The van der Waals surface area contributed by atoms with Crippen molar-refractivity contribution in [2.24, 2.45) is 5.92 Å². The van der Waals surface area contributed by atoms with Crippen LogP contribution in [0.4, 0.5) is 0 Å². The van der Waals surface area contributed by atoms with Gasteiger partial charge >= 0.3 is 0 Å². The first-order valence-electron chi connectivity index (χ1n) is 6.75. The van der Waals surface area contributed by atoms with Crippen LogP contribution in [0.25, 0.3) is 0 Å². The van der Waals surface area contributed by atoms with Crippen molar-refractivity contribution in [1.82, 2.24) is 4.90 Å². The van der Waals surface area contributed by atoms with Crippen LogP contribution in [0.5, 0.6) is 5.75 Å². The SMILES string of the molecule is CN(CC1CC(O)C1)C(=O)CCOc1ccccc1. The zero-order valence-corrected chi connectivity index (χ0v) is 11.3. The lowest BCUT2D eigenvalue weighted by Gasteiger charge is -2.34. The molecule has 4 nitrogen and oxygen atoms in total. The molecule has 0 aliphatic heterocycles. The van der Waals surface area contributed by atoms with Crippen molar-refractivity contribution >= 4 is 5.91 Å². The number of para-hydroxylation sites is 1. The van der Waals surface area contributed by atoms with Gasteiger partial charge in [0.1, 0.15) is 5.75 Å². The van der Waals surface area contributed by atoms with Gasteiger partial charge < -0.3 is 14.7 Å². The summed E-state index contributed by atoms with van der Waals surface area (Å²) in [6.45, 7) is 1.14. The maximum absolute atomic E-state index is 11.9. The molecule has 4 heteroatoms. The van der Waals surface area contributed by atoms with E-state index in [-0.39, 0.29) is 12.0 Å². The molecule has 1 aromatic carbocycles. The Labute approximate surface area is 114 Å². The van der Waals surface area contributed by atoms with Crippen molar-refractivity contribution in [3.63, 3.8) is 0 Å². The summed E-state index contributed by atoms with van der Waals surface area (Å²) in [7, 11) is 1.82. The number of nitrogens with zero attached hydrogens (tertiary/aromatic N) is 1. The van der Waals surface area contributed by atoms with Gasteiger partial charge in [0.25, 0.3) is 0 Å². The second-order valence-corrected chi connectivity index (χ2v) is 5.18. The van der Waals surface area contributed by atoms with Crippen LogP contribution in [0.3, 0.4) is 0 Å². The zero-order valence-electron chi connectivity index (χ0n) is 11.3. The molecule has 1 aromatic rings. The fraction of sp³-hybridized carbons (Fsp3) is 0.533. The zero-order chi connectivity index (χ0) is 13.7. The number of hydrogen-bond acceptors (Lipinski definition) is 3. The van der Waals surface area contributed by atoms with E-state index in [0.29, 0.717) is 18.9 Å². The van der Waals surface area contributed by atoms with Crippen LogP contribution in [0.2, 0.25) is 0 Å². The Kier molecular flexibility index (Phi) is 4.80. The Balaban J connectivity index is 1.63. The normalized spacial score (nSPS) is 21.6. The minimum Gasteiger partial charge on any atom is -0.493 e. The van der Waals surface area contributed by atoms with Crippen molar-refractivity contribution in [2.75, 3.05) is 20.2 Å². The Morgan fingerprint density at radius 2 is 2.05 bits per heavy atom. The number of rotatable bonds is 6. The van der Waals surface area contributed by atoms with Crippen molar-refractivity contribution in [1.29, 1.82) is 0 Å². The lowest BCUT2D eigenvalue weighted by Crippen LogP contribution is -2.39. The second-order valence-electron chi connectivity index (χ2n) is 5.18. The van der Waals surface area contributed by atoms with Gasteiger partial charge in [-0.3, -0.25) is 4.79 Å². The molecular weight excluding hydrogens is 242 g/mol. The predicted molar refractivity (Wildman–Crippen MR) is 72.9 cm³/mol. The predicted octanol–water partition coefficient (Wildman–Crippen LogP) is 1.68. The summed E-state index contributed by atoms with van der Waals surface area (Å²) in [6, 6.07) is 9.50. The number of hydrogen-bond donors (Lipinski definition) is 1. The van der Waals surface area contributed by atoms with E-state index in [2.05, 4.69) is 0 Å². The van der Waals surface area contributed by atoms with E-state index in [1.165, 1.54) is 0 Å². The van der Waals surface area contributed by atoms with Gasteiger partial charge in [-0.2, -0.15) is 0 Å². The van der Waals surface area contributed by atoms with E-state index in [0.717, 1.165) is 25.1 Å². The first-order chi connectivity index (χ1) is 9.15. The highest BCUT2D eigenvalue weighted by atomic mass is 16.5. The minimum absolute atomic E-state index is 0.0947. The van der Waals surface area contributed by atoms with E-state index < -0.39 is 0 Å². The smallest absolute Gasteiger partial charge is 0.225 e. The molecule has 0 saturated heterocycles. The lowest BCUT2D eigenvalue weighted by atomic mass is 9.82. The Bertz CT molecular complexity index is 401. The molecule has 0 radical (unpaired) electrons. The summed E-state index contributed by atoms with van der Waals surface area (Å²) in [5.74, 6) is 1.34. The van der Waals surface area contributed by atoms with E-state index in [4.69, 9.17) is 4.74 Å². The fourth-order valence-electron chi connectivity index (χ4n) is 2.30. The third-order valence-corrected chi connectivity index (χ3v) is 3.50. The highest BCUT2D eigenvalue weighted by Crippen LogP contribution is 2.27. The molecular formula is C15H21NO3. The molecule has 0 heterocycles. The van der Waals surface area contributed by atoms with Crippen molar-refractivity contribution in [2.45, 2.75) is 25.4 Å². The van der Waals surface area contributed by atoms with Gasteiger partial charge in [-0.25, -0.2) is 0 Å². The first-order valence-corrected chi connectivity index (χ1v) is 6.75. The highest BCUT2D eigenvalue weighted by molar-refractivity contribution is 5.76. The number of amides is 1. The Hall–Kier alpha value is -1.55. The summed E-state index contributed by atoms with van der Waals surface area (Å²) in [6.07, 6.45) is 1.87. The van der Waals surface area contributed by atoms with Gasteiger partial charge in [0, 0.05) is 13.6 Å². The van der Waals surface area contributed by atoms with Crippen LogP contribution in [0.1, 0.15) is 19.3 Å². The molecule has 1 aliphatic carbocycles. The summed E-state index contributed by atoms with van der Waals surface area (Å²) in [5.41, 5.74) is 0. The van der Waals surface area contributed by atoms with Crippen LogP contribution < -0.4 is 4.74 Å². The molecule has 1 fully saturated rings. The maximum atomic E-state index is 11.9. The van der Waals surface area contributed by atoms with Crippen molar-refractivity contribution in [3.05, 3.63) is 30.3 Å². The molecule has 19 heavy (non-hydrogen) atoms. The van der Waals surface area contributed by atoms with E-state index in [1.54, 1.807) is 4.90 Å². The molecule has 0 bridgehead atoms. The molecule has 0 aromatic heterocycles. The van der Waals surface area contributed by atoms with Gasteiger partial charge in [0.2, 0.25) is 5.91 Å². The number of benzene rings is 1. The van der Waals surface area contributed by atoms with Crippen LogP contribution >= 0.6 is 0 Å². The fourth-order valence-corrected chi connectivity index (χ4v) is 2.30. The largest absolute Gasteiger partial charge is 0.493 e. The number of carbonyl (C=O) groups is 1. The van der Waals surface area contributed by atoms with E-state index in [1.807, 2.05) is 37.4 Å². The number of ether oxygens (including phenoxy) is 1. The van der Waals surface area contributed by atoms with Gasteiger partial charge in [-0.15, -0.1) is 0 Å². The van der Waals surface area contributed by atoms with Crippen molar-refractivity contribution < 1.29 is 14.6 Å². The maximum Gasteiger partial charge on any atom is 0.225 e. The number of aliphatic hydroxyl groups is 1. The topological polar surface area (TPSA) is 49.8 Å². The average Bonchev–Trinajstić information content (AvgIpc) is 2.38. The Morgan fingerprint density at radius 3 is 2.68 bits per heavy atom. The first kappa shape index (κ1) is 13.9. The molecule has 0 unspecified atom stereocenters. The third kappa shape index (κ3) is 4.24. The van der Waals surface area contributed by atoms with Crippen LogP contribution in [0.15, 0.2) is 30.3 Å². The molecule has 0 atom stereocenters. The molecule has 1 aliphatic rings. The molecule has 104 valence electrons. The molecule has 1 N–H and O–H groups in total. The average molecular weight is 263 g/mol. The lowest BCUT2D eigenvalue weighted by molar-refractivity contribution is -0.132. The summed E-state index contributed by atoms with van der Waals surface area (Å²) < 4.78 is 5.50. The van der Waals surface area contributed by atoms with E-state index >= 15 is 0 Å². The monoisotopic (exact) mass is 263 g/mol. The summed E-state index contributed by atoms with van der Waals surface area (Å²) in [4.78, 5) is 13.6. The van der Waals surface area contributed by atoms with E-state index in [9.17, 15) is 9.90 Å². The van der Waals surface area contributed by atoms with Gasteiger partial charge in [-0.1, -0.05) is 18.2 Å².